The average Bonchev–Trinajstić information content (AvgIpc) is 2.49. The molecule has 132 valence electrons. The van der Waals surface area contributed by atoms with E-state index in [9.17, 15) is 19.1 Å². The number of halogens is 1. The molecule has 2 rings (SSSR count). The van der Waals surface area contributed by atoms with Gasteiger partial charge in [-0.3, -0.25) is 14.6 Å². The molecule has 1 heterocycles. The Morgan fingerprint density at radius 3 is 2.56 bits per heavy atom. The smallest absolute Gasteiger partial charge is 0.270 e. The van der Waals surface area contributed by atoms with Gasteiger partial charge in [-0.15, -0.1) is 0 Å². The number of hydrogen-bond acceptors (Lipinski definition) is 4. The van der Waals surface area contributed by atoms with E-state index in [2.05, 4.69) is 10.3 Å². The quantitative estimate of drug-likeness (QED) is 0.874. The van der Waals surface area contributed by atoms with Crippen molar-refractivity contribution in [3.8, 4) is 5.75 Å². The molecular weight excluding hydrogens is 323 g/mol. The predicted molar refractivity (Wildman–Crippen MR) is 91.9 cm³/mol. The van der Waals surface area contributed by atoms with E-state index >= 15 is 0 Å². The predicted octanol–water partition coefficient (Wildman–Crippen LogP) is 2.81. The van der Waals surface area contributed by atoms with E-state index in [-0.39, 0.29) is 41.5 Å². The molecule has 1 aromatic heterocycles. The van der Waals surface area contributed by atoms with E-state index in [4.69, 9.17) is 0 Å². The van der Waals surface area contributed by atoms with Gasteiger partial charge in [-0.05, 0) is 62.2 Å². The van der Waals surface area contributed by atoms with Crippen LogP contribution >= 0.6 is 0 Å². The first kappa shape index (κ1) is 18.6. The van der Waals surface area contributed by atoms with Gasteiger partial charge in [0.1, 0.15) is 23.0 Å². The molecule has 1 amide bonds. The van der Waals surface area contributed by atoms with Crippen molar-refractivity contribution >= 4 is 11.7 Å². The molecule has 1 aromatic carbocycles. The maximum absolute atomic E-state index is 13.7. The van der Waals surface area contributed by atoms with E-state index in [1.807, 2.05) is 20.8 Å². The summed E-state index contributed by atoms with van der Waals surface area (Å²) in [6.07, 6.45) is 1.38. The Labute approximate surface area is 145 Å². The summed E-state index contributed by atoms with van der Waals surface area (Å²) in [5.41, 5.74) is 0.602. The molecule has 0 atom stereocenters. The normalized spacial score (nSPS) is 11.2. The van der Waals surface area contributed by atoms with E-state index < -0.39 is 11.4 Å². The van der Waals surface area contributed by atoms with Gasteiger partial charge in [0.15, 0.2) is 0 Å². The molecule has 0 aliphatic carbocycles. The van der Waals surface area contributed by atoms with Gasteiger partial charge in [0.05, 0.1) is 0 Å². The Morgan fingerprint density at radius 1 is 1.16 bits per heavy atom. The summed E-state index contributed by atoms with van der Waals surface area (Å²) in [5.74, 6) is -1.17. The third-order valence-electron chi connectivity index (χ3n) is 3.36. The second-order valence-electron chi connectivity index (χ2n) is 6.92. The summed E-state index contributed by atoms with van der Waals surface area (Å²) >= 11 is 0. The van der Waals surface area contributed by atoms with E-state index in [0.29, 0.717) is 5.56 Å². The third-order valence-corrected chi connectivity index (χ3v) is 3.36. The van der Waals surface area contributed by atoms with Crippen LogP contribution in [0.1, 0.15) is 42.4 Å². The first-order chi connectivity index (χ1) is 11.6. The molecule has 25 heavy (non-hydrogen) atoms. The van der Waals surface area contributed by atoms with E-state index in [1.165, 1.54) is 18.3 Å². The average molecular weight is 344 g/mol. The van der Waals surface area contributed by atoms with E-state index in [1.54, 1.807) is 12.1 Å². The number of aromatic hydroxyl groups is 1. The van der Waals surface area contributed by atoms with Gasteiger partial charge in [-0.25, -0.2) is 4.39 Å². The Bertz CT molecular complexity index is 797. The van der Waals surface area contributed by atoms with Crippen molar-refractivity contribution in [1.29, 1.82) is 0 Å². The van der Waals surface area contributed by atoms with Crippen molar-refractivity contribution < 1.29 is 19.1 Å². The highest BCUT2D eigenvalue weighted by atomic mass is 19.1. The maximum Gasteiger partial charge on any atom is 0.270 e. The van der Waals surface area contributed by atoms with Crippen LogP contribution in [0.4, 0.5) is 4.39 Å². The number of nitrogens with one attached hydrogen (secondary N) is 1. The van der Waals surface area contributed by atoms with Gasteiger partial charge in [0.25, 0.3) is 5.91 Å². The lowest BCUT2D eigenvalue weighted by atomic mass is 10.0. The fourth-order valence-electron chi connectivity index (χ4n) is 2.31. The molecule has 5 nitrogen and oxygen atoms in total. The number of benzene rings is 1. The Hall–Kier alpha value is -2.76. The van der Waals surface area contributed by atoms with Gasteiger partial charge in [0, 0.05) is 24.6 Å². The Balaban J connectivity index is 2.07. The van der Waals surface area contributed by atoms with Crippen LogP contribution in [0.25, 0.3) is 0 Å². The topological polar surface area (TPSA) is 79.3 Å². The monoisotopic (exact) mass is 344 g/mol. The molecule has 0 radical (unpaired) electrons. The zero-order valence-corrected chi connectivity index (χ0v) is 14.5. The fraction of sp³-hybridized carbons (Fsp3) is 0.316. The summed E-state index contributed by atoms with van der Waals surface area (Å²) < 4.78 is 13.7. The fourth-order valence-corrected chi connectivity index (χ4v) is 2.31. The molecule has 0 saturated carbocycles. The number of carbonyl (C=O) groups is 2. The lowest BCUT2D eigenvalue weighted by Crippen LogP contribution is -2.40. The SMILES string of the molecule is CC(C)(C)NC(=O)c1cc(CC(=O)Cc2cc(O)ccc2F)ccn1. The standard InChI is InChI=1S/C19H21FN2O3/c1-19(2,3)22-18(25)17-9-12(6-7-21-17)8-15(24)11-13-10-14(23)4-5-16(13)20/h4-7,9-10,23H,8,11H2,1-3H3,(H,22,25). The summed E-state index contributed by atoms with van der Waals surface area (Å²) in [6.45, 7) is 5.59. The van der Waals surface area contributed by atoms with E-state index in [0.717, 1.165) is 6.07 Å². The minimum Gasteiger partial charge on any atom is -0.508 e. The highest BCUT2D eigenvalue weighted by molar-refractivity contribution is 5.93. The first-order valence-corrected chi connectivity index (χ1v) is 7.90. The molecule has 0 aliphatic rings. The molecular formula is C19H21FN2O3. The Morgan fingerprint density at radius 2 is 1.88 bits per heavy atom. The number of pyridine rings is 1. The molecule has 0 fully saturated rings. The maximum atomic E-state index is 13.7. The van der Waals surface area contributed by atoms with Crippen molar-refractivity contribution in [2.24, 2.45) is 0 Å². The lowest BCUT2D eigenvalue weighted by Gasteiger charge is -2.20. The van der Waals surface area contributed by atoms with Crippen LogP contribution in [-0.2, 0) is 17.6 Å². The first-order valence-electron chi connectivity index (χ1n) is 7.90. The van der Waals surface area contributed by atoms with Crippen molar-refractivity contribution in [3.05, 3.63) is 59.2 Å². The van der Waals surface area contributed by atoms with Crippen LogP contribution in [-0.4, -0.2) is 27.3 Å². The summed E-state index contributed by atoms with van der Waals surface area (Å²) in [4.78, 5) is 28.3. The van der Waals surface area contributed by atoms with Crippen molar-refractivity contribution in [3.63, 3.8) is 0 Å². The molecule has 6 heteroatoms. The van der Waals surface area contributed by atoms with Crippen LogP contribution in [0.3, 0.4) is 0 Å². The largest absolute Gasteiger partial charge is 0.508 e. The number of amides is 1. The number of ketones is 1. The third kappa shape index (κ3) is 5.67. The molecule has 2 aromatic rings. The lowest BCUT2D eigenvalue weighted by molar-refractivity contribution is -0.117. The number of carbonyl (C=O) groups excluding carboxylic acids is 2. The van der Waals surface area contributed by atoms with Crippen molar-refractivity contribution in [2.45, 2.75) is 39.2 Å². The molecule has 0 saturated heterocycles. The van der Waals surface area contributed by atoms with Crippen LogP contribution < -0.4 is 5.32 Å². The van der Waals surface area contributed by atoms with Gasteiger partial charge in [-0.1, -0.05) is 0 Å². The molecule has 0 spiro atoms. The zero-order valence-electron chi connectivity index (χ0n) is 14.5. The zero-order chi connectivity index (χ0) is 18.6. The number of hydrogen-bond donors (Lipinski definition) is 2. The number of aromatic nitrogens is 1. The second-order valence-corrected chi connectivity index (χ2v) is 6.92. The number of nitrogens with zero attached hydrogens (tertiary/aromatic N) is 1. The minimum atomic E-state index is -0.536. The number of phenols is 1. The van der Waals surface area contributed by atoms with Crippen LogP contribution in [0.5, 0.6) is 5.75 Å². The van der Waals surface area contributed by atoms with Gasteiger partial charge < -0.3 is 10.4 Å². The number of Topliss-reactive ketones (excluding diaryl/α,β-unsaturated/α-hetero) is 1. The van der Waals surface area contributed by atoms with Crippen LogP contribution in [0.2, 0.25) is 0 Å². The molecule has 0 bridgehead atoms. The number of rotatable bonds is 5. The van der Waals surface area contributed by atoms with Gasteiger partial charge in [0.2, 0.25) is 0 Å². The minimum absolute atomic E-state index is 0.0490. The second kappa shape index (κ2) is 7.42. The van der Waals surface area contributed by atoms with Crippen LogP contribution in [0, 0.1) is 5.82 Å². The summed E-state index contributed by atoms with van der Waals surface area (Å²) in [5, 5.41) is 12.2. The van der Waals surface area contributed by atoms with Crippen molar-refractivity contribution in [2.75, 3.05) is 0 Å². The number of phenolic OH excluding ortho intramolecular Hbond substituents is 1. The van der Waals surface area contributed by atoms with Crippen LogP contribution in [0.15, 0.2) is 36.5 Å². The van der Waals surface area contributed by atoms with Gasteiger partial charge in [-0.2, -0.15) is 0 Å². The highest BCUT2D eigenvalue weighted by Gasteiger charge is 2.17. The molecule has 2 N–H and O–H groups in total. The highest BCUT2D eigenvalue weighted by Crippen LogP contribution is 2.17. The summed E-state index contributed by atoms with van der Waals surface area (Å²) in [7, 11) is 0. The summed E-state index contributed by atoms with van der Waals surface area (Å²) in [6, 6.07) is 6.79. The van der Waals surface area contributed by atoms with Gasteiger partial charge >= 0.3 is 0 Å². The molecule has 0 aliphatic heterocycles. The van der Waals surface area contributed by atoms with Crippen molar-refractivity contribution in [1.82, 2.24) is 10.3 Å². The molecule has 0 unspecified atom stereocenters. The Kier molecular flexibility index (Phi) is 5.51.